The predicted molar refractivity (Wildman–Crippen MR) is 107 cm³/mol. The van der Waals surface area contributed by atoms with E-state index in [0.29, 0.717) is 0 Å². The molecule has 124 valence electrons. The van der Waals surface area contributed by atoms with Gasteiger partial charge in [-0.1, -0.05) is 36.4 Å². The van der Waals surface area contributed by atoms with Gasteiger partial charge in [-0.25, -0.2) is 0 Å². The van der Waals surface area contributed by atoms with Gasteiger partial charge in [0.1, 0.15) is 0 Å². The van der Waals surface area contributed by atoms with E-state index in [0.717, 1.165) is 32.2 Å². The summed E-state index contributed by atoms with van der Waals surface area (Å²) in [6, 6.07) is 12.9. The van der Waals surface area contributed by atoms with Crippen LogP contribution in [0.5, 0.6) is 0 Å². The van der Waals surface area contributed by atoms with Gasteiger partial charge in [0.25, 0.3) is 0 Å². The Labute approximate surface area is 154 Å². The molecule has 1 aliphatic rings. The van der Waals surface area contributed by atoms with E-state index in [1.807, 2.05) is 6.92 Å². The van der Waals surface area contributed by atoms with Crippen molar-refractivity contribution in [2.24, 2.45) is 4.99 Å². The summed E-state index contributed by atoms with van der Waals surface area (Å²) in [5.74, 6) is 0.862. The van der Waals surface area contributed by atoms with Gasteiger partial charge in [0.2, 0.25) is 0 Å². The SMILES string of the molecule is CCOC1CN=C(NCc2ccc(C)c3ccccc23)NC1.I. The van der Waals surface area contributed by atoms with Gasteiger partial charge in [-0.05, 0) is 35.7 Å². The number of aliphatic imine (C=N–C) groups is 1. The van der Waals surface area contributed by atoms with Crippen LogP contribution in [0.1, 0.15) is 18.1 Å². The first-order valence-corrected chi connectivity index (χ1v) is 7.89. The fraction of sp³-hybridized carbons (Fsp3) is 0.389. The minimum absolute atomic E-state index is 0. The van der Waals surface area contributed by atoms with Gasteiger partial charge in [-0.15, -0.1) is 24.0 Å². The lowest BCUT2D eigenvalue weighted by atomic mass is 10.0. The van der Waals surface area contributed by atoms with Crippen molar-refractivity contribution in [2.75, 3.05) is 19.7 Å². The molecule has 0 spiro atoms. The molecular weight excluding hydrogens is 401 g/mol. The predicted octanol–water partition coefficient (Wildman–Crippen LogP) is 3.22. The summed E-state index contributed by atoms with van der Waals surface area (Å²) in [7, 11) is 0. The lowest BCUT2D eigenvalue weighted by molar-refractivity contribution is 0.0691. The third kappa shape index (κ3) is 4.35. The van der Waals surface area contributed by atoms with Crippen molar-refractivity contribution in [3.8, 4) is 0 Å². The highest BCUT2D eigenvalue weighted by molar-refractivity contribution is 14.0. The van der Waals surface area contributed by atoms with Crippen LogP contribution in [0.4, 0.5) is 0 Å². The average Bonchev–Trinajstić information content (AvgIpc) is 2.56. The second-order valence-corrected chi connectivity index (χ2v) is 5.59. The molecule has 0 radical (unpaired) electrons. The van der Waals surface area contributed by atoms with Crippen LogP contribution in [0, 0.1) is 6.92 Å². The summed E-state index contributed by atoms with van der Waals surface area (Å²) in [4.78, 5) is 4.51. The number of nitrogens with one attached hydrogen (secondary N) is 2. The van der Waals surface area contributed by atoms with Crippen molar-refractivity contribution in [1.82, 2.24) is 10.6 Å². The van der Waals surface area contributed by atoms with Gasteiger partial charge >= 0.3 is 0 Å². The van der Waals surface area contributed by atoms with Gasteiger partial charge in [-0.3, -0.25) is 4.99 Å². The van der Waals surface area contributed by atoms with E-state index in [9.17, 15) is 0 Å². The quantitative estimate of drug-likeness (QED) is 0.740. The van der Waals surface area contributed by atoms with Crippen molar-refractivity contribution in [1.29, 1.82) is 0 Å². The summed E-state index contributed by atoms with van der Waals surface area (Å²) in [5.41, 5.74) is 2.60. The number of fused-ring (bicyclic) bond motifs is 1. The minimum atomic E-state index is 0. The number of guanidine groups is 1. The van der Waals surface area contributed by atoms with E-state index in [1.165, 1.54) is 21.9 Å². The molecule has 0 saturated heterocycles. The first kappa shape index (κ1) is 18.0. The molecule has 0 amide bonds. The van der Waals surface area contributed by atoms with Crippen molar-refractivity contribution in [3.63, 3.8) is 0 Å². The Hall–Kier alpha value is -1.34. The Morgan fingerprint density at radius 1 is 1.22 bits per heavy atom. The van der Waals surface area contributed by atoms with E-state index >= 15 is 0 Å². The number of hydrogen-bond donors (Lipinski definition) is 2. The Kier molecular flexibility index (Phi) is 6.65. The maximum atomic E-state index is 5.57. The van der Waals surface area contributed by atoms with Crippen LogP contribution in [-0.4, -0.2) is 31.8 Å². The molecule has 1 atom stereocenters. The van der Waals surface area contributed by atoms with Crippen LogP contribution in [0.25, 0.3) is 10.8 Å². The van der Waals surface area contributed by atoms with Crippen LogP contribution in [0.15, 0.2) is 41.4 Å². The molecule has 2 aromatic carbocycles. The molecule has 4 nitrogen and oxygen atoms in total. The van der Waals surface area contributed by atoms with E-state index in [1.54, 1.807) is 0 Å². The van der Waals surface area contributed by atoms with Crippen molar-refractivity contribution in [3.05, 3.63) is 47.5 Å². The molecule has 3 rings (SSSR count). The van der Waals surface area contributed by atoms with Crippen LogP contribution >= 0.6 is 24.0 Å². The molecule has 0 aromatic heterocycles. The molecule has 1 unspecified atom stereocenters. The number of rotatable bonds is 4. The summed E-state index contributed by atoms with van der Waals surface area (Å²) < 4.78 is 5.57. The number of ether oxygens (including phenoxy) is 1. The molecule has 2 aromatic rings. The molecule has 2 N–H and O–H groups in total. The number of halogens is 1. The fourth-order valence-electron chi connectivity index (χ4n) is 2.84. The molecule has 1 heterocycles. The largest absolute Gasteiger partial charge is 0.375 e. The average molecular weight is 425 g/mol. The second-order valence-electron chi connectivity index (χ2n) is 5.59. The smallest absolute Gasteiger partial charge is 0.191 e. The van der Waals surface area contributed by atoms with Gasteiger partial charge in [-0.2, -0.15) is 0 Å². The normalized spacial score (nSPS) is 17.1. The first-order valence-electron chi connectivity index (χ1n) is 7.89. The summed E-state index contributed by atoms with van der Waals surface area (Å²) in [6.45, 7) is 7.21. The Morgan fingerprint density at radius 3 is 2.70 bits per heavy atom. The van der Waals surface area contributed by atoms with E-state index < -0.39 is 0 Å². The van der Waals surface area contributed by atoms with Crippen LogP contribution < -0.4 is 10.6 Å². The number of aryl methyl sites for hydroxylation is 1. The highest BCUT2D eigenvalue weighted by Gasteiger charge is 2.14. The van der Waals surface area contributed by atoms with E-state index in [2.05, 4.69) is 58.9 Å². The van der Waals surface area contributed by atoms with Gasteiger partial charge in [0, 0.05) is 19.7 Å². The third-order valence-electron chi connectivity index (χ3n) is 4.03. The summed E-state index contributed by atoms with van der Waals surface area (Å²) >= 11 is 0. The molecule has 1 aliphatic heterocycles. The topological polar surface area (TPSA) is 45.6 Å². The van der Waals surface area contributed by atoms with Crippen LogP contribution in [-0.2, 0) is 11.3 Å². The maximum Gasteiger partial charge on any atom is 0.191 e. The zero-order valence-electron chi connectivity index (χ0n) is 13.6. The molecule has 0 fully saturated rings. The highest BCUT2D eigenvalue weighted by atomic mass is 127. The summed E-state index contributed by atoms with van der Waals surface area (Å²) in [5, 5.41) is 9.31. The molecule has 0 bridgehead atoms. The minimum Gasteiger partial charge on any atom is -0.375 e. The van der Waals surface area contributed by atoms with E-state index in [-0.39, 0.29) is 30.1 Å². The molecular formula is C18H24IN3O. The van der Waals surface area contributed by atoms with E-state index in [4.69, 9.17) is 4.74 Å². The lowest BCUT2D eigenvalue weighted by Crippen LogP contribution is -2.46. The zero-order chi connectivity index (χ0) is 15.4. The van der Waals surface area contributed by atoms with Crippen molar-refractivity contribution >= 4 is 40.7 Å². The number of benzene rings is 2. The Morgan fingerprint density at radius 2 is 2.00 bits per heavy atom. The Bertz CT molecular complexity index is 687. The third-order valence-corrected chi connectivity index (χ3v) is 4.03. The summed E-state index contributed by atoms with van der Waals surface area (Å²) in [6.07, 6.45) is 0.191. The van der Waals surface area contributed by atoms with Gasteiger partial charge < -0.3 is 15.4 Å². The molecule has 0 aliphatic carbocycles. The fourth-order valence-corrected chi connectivity index (χ4v) is 2.84. The van der Waals surface area contributed by atoms with Gasteiger partial charge in [0.15, 0.2) is 5.96 Å². The number of hydrogen-bond acceptors (Lipinski definition) is 4. The maximum absolute atomic E-state index is 5.57. The Balaban J connectivity index is 0.00000192. The molecule has 5 heteroatoms. The number of nitrogens with zero attached hydrogens (tertiary/aromatic N) is 1. The molecule has 0 saturated carbocycles. The monoisotopic (exact) mass is 425 g/mol. The van der Waals surface area contributed by atoms with Crippen molar-refractivity contribution in [2.45, 2.75) is 26.5 Å². The highest BCUT2D eigenvalue weighted by Crippen LogP contribution is 2.22. The lowest BCUT2D eigenvalue weighted by Gasteiger charge is -2.23. The van der Waals surface area contributed by atoms with Crippen LogP contribution in [0.2, 0.25) is 0 Å². The van der Waals surface area contributed by atoms with Crippen LogP contribution in [0.3, 0.4) is 0 Å². The standard InChI is InChI=1S/C18H23N3O.HI/c1-3-22-15-11-20-18(21-12-15)19-10-14-9-8-13(2)16-6-4-5-7-17(14)16;/h4-9,15H,3,10-12H2,1-2H3,(H2,19,20,21);1H. The van der Waals surface area contributed by atoms with Gasteiger partial charge in [0.05, 0.1) is 12.6 Å². The first-order chi connectivity index (χ1) is 10.8. The second kappa shape index (κ2) is 8.49. The van der Waals surface area contributed by atoms with Crippen molar-refractivity contribution < 1.29 is 4.74 Å². The molecule has 23 heavy (non-hydrogen) atoms. The zero-order valence-corrected chi connectivity index (χ0v) is 16.0.